The predicted molar refractivity (Wildman–Crippen MR) is 139 cm³/mol. The van der Waals surface area contributed by atoms with E-state index in [2.05, 4.69) is 13.8 Å². The lowest BCUT2D eigenvalue weighted by Crippen LogP contribution is -1.98. The number of rotatable bonds is 14. The summed E-state index contributed by atoms with van der Waals surface area (Å²) >= 11 is 0. The van der Waals surface area contributed by atoms with Crippen LogP contribution in [0.1, 0.15) is 77.2 Å². The van der Waals surface area contributed by atoms with Crippen molar-refractivity contribution in [1.82, 2.24) is 0 Å². The van der Waals surface area contributed by atoms with Gasteiger partial charge in [0.1, 0.15) is 5.75 Å². The highest BCUT2D eigenvalue weighted by molar-refractivity contribution is 5.72. The molecular formula is C31H38F2O. The van der Waals surface area contributed by atoms with Gasteiger partial charge in [-0.25, -0.2) is 8.78 Å². The van der Waals surface area contributed by atoms with Crippen molar-refractivity contribution in [3.8, 4) is 28.0 Å². The molecule has 0 bridgehead atoms. The number of ether oxygens (including phenoxy) is 1. The molecule has 0 atom stereocenters. The predicted octanol–water partition coefficient (Wildman–Crippen LogP) is 9.77. The first-order chi connectivity index (χ1) is 16.6. The average molecular weight is 465 g/mol. The summed E-state index contributed by atoms with van der Waals surface area (Å²) < 4.78 is 35.8. The van der Waals surface area contributed by atoms with Crippen LogP contribution < -0.4 is 4.74 Å². The van der Waals surface area contributed by atoms with E-state index in [9.17, 15) is 8.78 Å². The zero-order valence-electron chi connectivity index (χ0n) is 20.7. The SMILES string of the molecule is CCCCCCCCOc1ccc(-c2ccc(-c3ccc(CCCCC)cc3)c(F)c2F)cc1. The van der Waals surface area contributed by atoms with E-state index in [-0.39, 0.29) is 5.56 Å². The second-order valence-electron chi connectivity index (χ2n) is 9.08. The quantitative estimate of drug-likeness (QED) is 0.216. The van der Waals surface area contributed by atoms with Crippen molar-refractivity contribution < 1.29 is 13.5 Å². The van der Waals surface area contributed by atoms with Crippen molar-refractivity contribution in [1.29, 1.82) is 0 Å². The normalized spacial score (nSPS) is 11.1. The van der Waals surface area contributed by atoms with Crippen LogP contribution in [0.5, 0.6) is 5.75 Å². The Kier molecular flexibility index (Phi) is 10.6. The molecule has 0 unspecified atom stereocenters. The molecule has 0 heterocycles. The van der Waals surface area contributed by atoms with E-state index in [1.807, 2.05) is 36.4 Å². The van der Waals surface area contributed by atoms with E-state index in [0.717, 1.165) is 25.0 Å². The number of aryl methyl sites for hydroxylation is 1. The summed E-state index contributed by atoms with van der Waals surface area (Å²) in [7, 11) is 0. The van der Waals surface area contributed by atoms with Crippen molar-refractivity contribution in [2.75, 3.05) is 6.61 Å². The summed E-state index contributed by atoms with van der Waals surface area (Å²) in [5.74, 6) is -0.862. The van der Waals surface area contributed by atoms with Crippen LogP contribution in [0, 0.1) is 11.6 Å². The molecule has 0 aliphatic carbocycles. The van der Waals surface area contributed by atoms with Crippen LogP contribution in [0.4, 0.5) is 8.78 Å². The minimum Gasteiger partial charge on any atom is -0.494 e. The Morgan fingerprint density at radius 1 is 0.559 bits per heavy atom. The smallest absolute Gasteiger partial charge is 0.167 e. The van der Waals surface area contributed by atoms with Gasteiger partial charge in [0.2, 0.25) is 0 Å². The Hall–Kier alpha value is -2.68. The maximum Gasteiger partial charge on any atom is 0.167 e. The molecule has 0 aliphatic heterocycles. The Morgan fingerprint density at radius 2 is 1.06 bits per heavy atom. The number of benzene rings is 3. The topological polar surface area (TPSA) is 9.23 Å². The first kappa shape index (κ1) is 25.9. The van der Waals surface area contributed by atoms with Gasteiger partial charge in [0.15, 0.2) is 11.6 Å². The molecule has 3 aromatic rings. The summed E-state index contributed by atoms with van der Waals surface area (Å²) in [6.07, 6.45) is 11.9. The molecule has 3 rings (SSSR count). The Labute approximate surface area is 204 Å². The van der Waals surface area contributed by atoms with E-state index in [1.54, 1.807) is 24.3 Å². The maximum absolute atomic E-state index is 15.0. The minimum absolute atomic E-state index is 0.264. The van der Waals surface area contributed by atoms with Gasteiger partial charge in [-0.15, -0.1) is 0 Å². The largest absolute Gasteiger partial charge is 0.494 e. The highest BCUT2D eigenvalue weighted by Gasteiger charge is 2.16. The van der Waals surface area contributed by atoms with E-state index < -0.39 is 11.6 Å². The van der Waals surface area contributed by atoms with Crippen LogP contribution in [0.15, 0.2) is 60.7 Å². The Bertz CT molecular complexity index is 993. The van der Waals surface area contributed by atoms with E-state index >= 15 is 0 Å². The van der Waals surface area contributed by atoms with Gasteiger partial charge in [-0.05, 0) is 48.1 Å². The third-order valence-corrected chi connectivity index (χ3v) is 6.35. The fraction of sp³-hybridized carbons (Fsp3) is 0.419. The first-order valence-electron chi connectivity index (χ1n) is 12.9. The first-order valence-corrected chi connectivity index (χ1v) is 12.9. The summed E-state index contributed by atoms with van der Waals surface area (Å²) in [4.78, 5) is 0. The van der Waals surface area contributed by atoms with E-state index in [0.29, 0.717) is 23.3 Å². The second-order valence-corrected chi connectivity index (χ2v) is 9.08. The van der Waals surface area contributed by atoms with Gasteiger partial charge >= 0.3 is 0 Å². The molecule has 1 nitrogen and oxygen atoms in total. The number of hydrogen-bond acceptors (Lipinski definition) is 1. The van der Waals surface area contributed by atoms with Crippen LogP contribution in [0.25, 0.3) is 22.3 Å². The third kappa shape index (κ3) is 7.41. The monoisotopic (exact) mass is 464 g/mol. The lowest BCUT2D eigenvalue weighted by Gasteiger charge is -2.11. The minimum atomic E-state index is -0.815. The summed E-state index contributed by atoms with van der Waals surface area (Å²) in [5.41, 5.74) is 3.12. The molecule has 0 spiro atoms. The van der Waals surface area contributed by atoms with E-state index in [4.69, 9.17) is 4.74 Å². The number of hydrogen-bond donors (Lipinski definition) is 0. The molecule has 0 N–H and O–H groups in total. The van der Waals surface area contributed by atoms with Crippen molar-refractivity contribution in [3.05, 3.63) is 77.9 Å². The molecule has 0 radical (unpaired) electrons. The van der Waals surface area contributed by atoms with Crippen LogP contribution in [0.3, 0.4) is 0 Å². The summed E-state index contributed by atoms with van der Waals surface area (Å²) in [6.45, 7) is 5.08. The second kappa shape index (κ2) is 13.9. The average Bonchev–Trinajstić information content (AvgIpc) is 2.86. The zero-order chi connectivity index (χ0) is 24.2. The molecule has 182 valence electrons. The van der Waals surface area contributed by atoms with E-state index in [1.165, 1.54) is 50.5 Å². The fourth-order valence-corrected chi connectivity index (χ4v) is 4.23. The number of unbranched alkanes of at least 4 members (excludes halogenated alkanes) is 7. The zero-order valence-corrected chi connectivity index (χ0v) is 20.7. The molecule has 3 heteroatoms. The molecule has 0 saturated heterocycles. The molecule has 0 aromatic heterocycles. The summed E-state index contributed by atoms with van der Waals surface area (Å²) in [5, 5.41) is 0. The van der Waals surface area contributed by atoms with Crippen molar-refractivity contribution in [2.45, 2.75) is 78.1 Å². The van der Waals surface area contributed by atoms with Crippen LogP contribution in [0.2, 0.25) is 0 Å². The molecule has 34 heavy (non-hydrogen) atoms. The molecule has 0 aliphatic rings. The van der Waals surface area contributed by atoms with Gasteiger partial charge in [-0.1, -0.05) is 107 Å². The van der Waals surface area contributed by atoms with Crippen molar-refractivity contribution in [2.24, 2.45) is 0 Å². The van der Waals surface area contributed by atoms with Crippen LogP contribution in [-0.2, 0) is 6.42 Å². The fourth-order valence-electron chi connectivity index (χ4n) is 4.23. The van der Waals surface area contributed by atoms with Crippen LogP contribution >= 0.6 is 0 Å². The Balaban J connectivity index is 1.61. The molecule has 0 amide bonds. The van der Waals surface area contributed by atoms with Gasteiger partial charge in [0, 0.05) is 11.1 Å². The van der Waals surface area contributed by atoms with Crippen LogP contribution in [-0.4, -0.2) is 6.61 Å². The lowest BCUT2D eigenvalue weighted by molar-refractivity contribution is 0.304. The van der Waals surface area contributed by atoms with Gasteiger partial charge in [0.05, 0.1) is 6.61 Å². The van der Waals surface area contributed by atoms with Gasteiger partial charge in [-0.2, -0.15) is 0 Å². The standard InChI is InChI=1S/C31H38F2O/c1-3-5-7-8-9-11-23-34-27-19-17-26(18-20-27)29-22-21-28(30(32)31(29)33)25-15-13-24(14-16-25)12-10-6-4-2/h13-22H,3-12,23H2,1-2H3. The van der Waals surface area contributed by atoms with Gasteiger partial charge < -0.3 is 4.74 Å². The molecule has 3 aromatic carbocycles. The van der Waals surface area contributed by atoms with Gasteiger partial charge in [0.25, 0.3) is 0 Å². The highest BCUT2D eigenvalue weighted by atomic mass is 19.2. The molecular weight excluding hydrogens is 426 g/mol. The summed E-state index contributed by atoms with van der Waals surface area (Å²) in [6, 6.07) is 18.4. The van der Waals surface area contributed by atoms with Gasteiger partial charge in [-0.3, -0.25) is 0 Å². The Morgan fingerprint density at radius 3 is 1.65 bits per heavy atom. The molecule has 0 fully saturated rings. The number of halogens is 2. The lowest BCUT2D eigenvalue weighted by atomic mass is 9.97. The molecule has 0 saturated carbocycles. The van der Waals surface area contributed by atoms with Crippen molar-refractivity contribution in [3.63, 3.8) is 0 Å². The maximum atomic E-state index is 15.0. The highest BCUT2D eigenvalue weighted by Crippen LogP contribution is 2.32. The third-order valence-electron chi connectivity index (χ3n) is 6.35. The van der Waals surface area contributed by atoms with Crippen molar-refractivity contribution >= 4 is 0 Å².